The maximum absolute atomic E-state index is 5.91. The third-order valence-electron chi connectivity index (χ3n) is 3.69. The van der Waals surface area contributed by atoms with Gasteiger partial charge in [0, 0.05) is 19.8 Å². The van der Waals surface area contributed by atoms with Gasteiger partial charge in [0.05, 0.1) is 11.7 Å². The van der Waals surface area contributed by atoms with Crippen LogP contribution in [0.2, 0.25) is 0 Å². The zero-order valence-corrected chi connectivity index (χ0v) is 11.2. The van der Waals surface area contributed by atoms with Crippen LogP contribution in [0.4, 0.5) is 0 Å². The van der Waals surface area contributed by atoms with Gasteiger partial charge in [-0.2, -0.15) is 0 Å². The predicted octanol–water partition coefficient (Wildman–Crippen LogP) is 2.35. The summed E-state index contributed by atoms with van der Waals surface area (Å²) in [6.07, 6.45) is 6.31. The SMILES string of the molecule is CNC1CCC(OCCC(C)(C)OC)CC1. The predicted molar refractivity (Wildman–Crippen MR) is 66.8 cm³/mol. The fourth-order valence-corrected chi connectivity index (χ4v) is 2.09. The molecule has 1 aliphatic carbocycles. The number of hydrogen-bond donors (Lipinski definition) is 1. The lowest BCUT2D eigenvalue weighted by Crippen LogP contribution is -2.33. The molecular formula is C13H27NO2. The monoisotopic (exact) mass is 229 g/mol. The Kier molecular flexibility index (Phi) is 5.73. The van der Waals surface area contributed by atoms with E-state index >= 15 is 0 Å². The highest BCUT2D eigenvalue weighted by atomic mass is 16.5. The Morgan fingerprint density at radius 3 is 2.31 bits per heavy atom. The van der Waals surface area contributed by atoms with Gasteiger partial charge in [-0.3, -0.25) is 0 Å². The summed E-state index contributed by atoms with van der Waals surface area (Å²) in [5, 5.41) is 3.34. The largest absolute Gasteiger partial charge is 0.379 e. The molecule has 0 amide bonds. The topological polar surface area (TPSA) is 30.5 Å². The van der Waals surface area contributed by atoms with Crippen molar-refractivity contribution in [1.29, 1.82) is 0 Å². The van der Waals surface area contributed by atoms with Gasteiger partial charge in [0.25, 0.3) is 0 Å². The van der Waals surface area contributed by atoms with Crippen LogP contribution < -0.4 is 5.32 Å². The van der Waals surface area contributed by atoms with Crippen molar-refractivity contribution in [3.8, 4) is 0 Å². The molecule has 0 unspecified atom stereocenters. The first-order valence-corrected chi connectivity index (χ1v) is 6.41. The second-order valence-corrected chi connectivity index (χ2v) is 5.35. The Morgan fingerprint density at radius 1 is 1.19 bits per heavy atom. The van der Waals surface area contributed by atoms with E-state index in [9.17, 15) is 0 Å². The van der Waals surface area contributed by atoms with Crippen LogP contribution in [-0.4, -0.2) is 38.5 Å². The lowest BCUT2D eigenvalue weighted by Gasteiger charge is -2.29. The van der Waals surface area contributed by atoms with Crippen LogP contribution in [0.15, 0.2) is 0 Å². The first-order chi connectivity index (χ1) is 7.57. The summed E-state index contributed by atoms with van der Waals surface area (Å²) >= 11 is 0. The van der Waals surface area contributed by atoms with Gasteiger partial charge in [-0.05, 0) is 53.0 Å². The summed E-state index contributed by atoms with van der Waals surface area (Å²) in [6.45, 7) is 5.03. The lowest BCUT2D eigenvalue weighted by atomic mass is 9.93. The van der Waals surface area contributed by atoms with E-state index in [-0.39, 0.29) is 5.60 Å². The molecule has 0 aromatic rings. The first kappa shape index (κ1) is 13.9. The van der Waals surface area contributed by atoms with Crippen LogP contribution in [0.1, 0.15) is 46.0 Å². The summed E-state index contributed by atoms with van der Waals surface area (Å²) in [4.78, 5) is 0. The molecule has 0 aliphatic heterocycles. The molecule has 1 fully saturated rings. The van der Waals surface area contributed by atoms with Crippen molar-refractivity contribution in [3.63, 3.8) is 0 Å². The quantitative estimate of drug-likeness (QED) is 0.758. The molecule has 16 heavy (non-hydrogen) atoms. The fourth-order valence-electron chi connectivity index (χ4n) is 2.09. The zero-order valence-electron chi connectivity index (χ0n) is 11.2. The molecule has 0 aromatic heterocycles. The molecule has 0 spiro atoms. The zero-order chi connectivity index (χ0) is 12.0. The van der Waals surface area contributed by atoms with Crippen LogP contribution in [0.5, 0.6) is 0 Å². The maximum atomic E-state index is 5.91. The van der Waals surface area contributed by atoms with E-state index < -0.39 is 0 Å². The van der Waals surface area contributed by atoms with Gasteiger partial charge < -0.3 is 14.8 Å². The van der Waals surface area contributed by atoms with E-state index in [2.05, 4.69) is 19.2 Å². The Bertz CT molecular complexity index is 186. The Hall–Kier alpha value is -0.120. The number of methoxy groups -OCH3 is 1. The molecular weight excluding hydrogens is 202 g/mol. The van der Waals surface area contributed by atoms with Gasteiger partial charge in [0.15, 0.2) is 0 Å². The fraction of sp³-hybridized carbons (Fsp3) is 1.00. The standard InChI is InChI=1S/C13H27NO2/c1-13(2,15-4)9-10-16-12-7-5-11(14-3)6-8-12/h11-12,14H,5-10H2,1-4H3. The molecule has 0 aromatic carbocycles. The molecule has 3 nitrogen and oxygen atoms in total. The van der Waals surface area contributed by atoms with Gasteiger partial charge in [0.1, 0.15) is 0 Å². The van der Waals surface area contributed by atoms with Crippen molar-refractivity contribution in [2.75, 3.05) is 20.8 Å². The van der Waals surface area contributed by atoms with Crippen LogP contribution in [0.3, 0.4) is 0 Å². The van der Waals surface area contributed by atoms with Crippen LogP contribution in [-0.2, 0) is 9.47 Å². The van der Waals surface area contributed by atoms with Crippen molar-refractivity contribution in [2.45, 2.75) is 63.7 Å². The van der Waals surface area contributed by atoms with Crippen LogP contribution >= 0.6 is 0 Å². The third kappa shape index (κ3) is 4.81. The Labute approximate surface area is 99.9 Å². The van der Waals surface area contributed by atoms with Crippen molar-refractivity contribution in [3.05, 3.63) is 0 Å². The van der Waals surface area contributed by atoms with Gasteiger partial charge >= 0.3 is 0 Å². The normalized spacial score (nSPS) is 27.0. The second kappa shape index (κ2) is 6.58. The highest BCUT2D eigenvalue weighted by molar-refractivity contribution is 4.76. The third-order valence-corrected chi connectivity index (χ3v) is 3.69. The lowest BCUT2D eigenvalue weighted by molar-refractivity contribution is -0.0356. The van der Waals surface area contributed by atoms with Gasteiger partial charge in [-0.15, -0.1) is 0 Å². The van der Waals surface area contributed by atoms with E-state index in [1.807, 2.05) is 7.05 Å². The number of ether oxygens (including phenoxy) is 2. The van der Waals surface area contributed by atoms with Gasteiger partial charge in [-0.25, -0.2) is 0 Å². The van der Waals surface area contributed by atoms with E-state index in [1.165, 1.54) is 25.7 Å². The van der Waals surface area contributed by atoms with Crippen molar-refractivity contribution in [1.82, 2.24) is 5.32 Å². The molecule has 0 radical (unpaired) electrons. The Balaban J connectivity index is 2.11. The summed E-state index contributed by atoms with van der Waals surface area (Å²) in [5.41, 5.74) is -0.0534. The molecule has 96 valence electrons. The summed E-state index contributed by atoms with van der Waals surface area (Å²) in [7, 11) is 3.81. The van der Waals surface area contributed by atoms with Gasteiger partial charge in [0.2, 0.25) is 0 Å². The van der Waals surface area contributed by atoms with Crippen molar-refractivity contribution in [2.24, 2.45) is 0 Å². The molecule has 0 atom stereocenters. The van der Waals surface area contributed by atoms with Crippen molar-refractivity contribution < 1.29 is 9.47 Å². The molecule has 1 N–H and O–H groups in total. The number of nitrogens with one attached hydrogen (secondary N) is 1. The summed E-state index contributed by atoms with van der Waals surface area (Å²) < 4.78 is 11.3. The first-order valence-electron chi connectivity index (χ1n) is 6.41. The number of rotatable bonds is 6. The Morgan fingerprint density at radius 2 is 1.81 bits per heavy atom. The molecule has 0 bridgehead atoms. The molecule has 0 saturated heterocycles. The van der Waals surface area contributed by atoms with E-state index in [4.69, 9.17) is 9.47 Å². The maximum Gasteiger partial charge on any atom is 0.0644 e. The molecule has 0 heterocycles. The van der Waals surface area contributed by atoms with Crippen LogP contribution in [0, 0.1) is 0 Å². The minimum atomic E-state index is -0.0534. The highest BCUT2D eigenvalue weighted by Crippen LogP contribution is 2.22. The smallest absolute Gasteiger partial charge is 0.0644 e. The molecule has 3 heteroatoms. The second-order valence-electron chi connectivity index (χ2n) is 5.35. The van der Waals surface area contributed by atoms with Crippen LogP contribution in [0.25, 0.3) is 0 Å². The average Bonchev–Trinajstić information content (AvgIpc) is 2.30. The highest BCUT2D eigenvalue weighted by Gasteiger charge is 2.22. The minimum Gasteiger partial charge on any atom is -0.379 e. The van der Waals surface area contributed by atoms with Gasteiger partial charge in [-0.1, -0.05) is 0 Å². The van der Waals surface area contributed by atoms with E-state index in [1.54, 1.807) is 7.11 Å². The van der Waals surface area contributed by atoms with Crippen molar-refractivity contribution >= 4 is 0 Å². The minimum absolute atomic E-state index is 0.0534. The summed E-state index contributed by atoms with van der Waals surface area (Å²) in [6, 6.07) is 0.704. The number of hydrogen-bond acceptors (Lipinski definition) is 3. The van der Waals surface area contributed by atoms with E-state index in [0.717, 1.165) is 13.0 Å². The van der Waals surface area contributed by atoms with E-state index in [0.29, 0.717) is 12.1 Å². The average molecular weight is 229 g/mol. The summed E-state index contributed by atoms with van der Waals surface area (Å²) in [5.74, 6) is 0. The molecule has 1 rings (SSSR count). The molecule has 1 aliphatic rings. The molecule has 1 saturated carbocycles.